The standard InChI is InChI=1S/C16H25N3O2/c1-12(2)15(17)16(20)18-14-5-3-13(4-6-14)11-19-7-9-21-10-8-19/h3-6,12,15H,7-11,17H2,1-2H3,(H,18,20)/t15-/m0/s1. The monoisotopic (exact) mass is 291 g/mol. The van der Waals surface area contributed by atoms with Crippen LogP contribution < -0.4 is 11.1 Å². The molecule has 5 heteroatoms. The second-order valence-electron chi connectivity index (χ2n) is 5.84. The van der Waals surface area contributed by atoms with Crippen molar-refractivity contribution in [3.05, 3.63) is 29.8 Å². The molecule has 0 unspecified atom stereocenters. The Labute approximate surface area is 126 Å². The Bertz CT molecular complexity index is 453. The number of nitrogens with two attached hydrogens (primary N) is 1. The van der Waals surface area contributed by atoms with Crippen LogP contribution in [0.5, 0.6) is 0 Å². The van der Waals surface area contributed by atoms with Gasteiger partial charge in [0.1, 0.15) is 0 Å². The Kier molecular flexibility index (Phi) is 5.73. The number of hydrogen-bond acceptors (Lipinski definition) is 4. The first-order valence-electron chi connectivity index (χ1n) is 7.52. The van der Waals surface area contributed by atoms with E-state index in [1.54, 1.807) is 0 Å². The minimum atomic E-state index is -0.474. The van der Waals surface area contributed by atoms with Gasteiger partial charge in [-0.2, -0.15) is 0 Å². The van der Waals surface area contributed by atoms with Gasteiger partial charge in [0.05, 0.1) is 19.3 Å². The van der Waals surface area contributed by atoms with Crippen LogP contribution in [0.3, 0.4) is 0 Å². The molecule has 1 amide bonds. The van der Waals surface area contributed by atoms with Crippen molar-refractivity contribution in [3.63, 3.8) is 0 Å². The van der Waals surface area contributed by atoms with Gasteiger partial charge < -0.3 is 15.8 Å². The lowest BCUT2D eigenvalue weighted by molar-refractivity contribution is -0.118. The van der Waals surface area contributed by atoms with E-state index in [-0.39, 0.29) is 11.8 Å². The van der Waals surface area contributed by atoms with E-state index in [1.165, 1.54) is 5.56 Å². The van der Waals surface area contributed by atoms with Crippen LogP contribution in [0, 0.1) is 5.92 Å². The first-order valence-corrected chi connectivity index (χ1v) is 7.52. The minimum absolute atomic E-state index is 0.130. The number of morpholine rings is 1. The van der Waals surface area contributed by atoms with E-state index in [0.29, 0.717) is 0 Å². The van der Waals surface area contributed by atoms with Crippen LogP contribution in [-0.4, -0.2) is 43.2 Å². The molecule has 1 aromatic rings. The molecule has 1 heterocycles. The summed E-state index contributed by atoms with van der Waals surface area (Å²) in [7, 11) is 0. The topological polar surface area (TPSA) is 67.6 Å². The van der Waals surface area contributed by atoms with Crippen LogP contribution in [0.2, 0.25) is 0 Å². The molecule has 0 saturated carbocycles. The van der Waals surface area contributed by atoms with Crippen molar-refractivity contribution in [2.75, 3.05) is 31.6 Å². The highest BCUT2D eigenvalue weighted by molar-refractivity contribution is 5.94. The summed E-state index contributed by atoms with van der Waals surface area (Å²) in [4.78, 5) is 14.3. The molecule has 0 aromatic heterocycles. The van der Waals surface area contributed by atoms with Crippen molar-refractivity contribution >= 4 is 11.6 Å². The summed E-state index contributed by atoms with van der Waals surface area (Å²) in [5.41, 5.74) is 7.86. The summed E-state index contributed by atoms with van der Waals surface area (Å²) in [5, 5.41) is 2.86. The molecule has 21 heavy (non-hydrogen) atoms. The lowest BCUT2D eigenvalue weighted by atomic mass is 10.0. The Balaban J connectivity index is 1.88. The van der Waals surface area contributed by atoms with Gasteiger partial charge in [-0.1, -0.05) is 26.0 Å². The Morgan fingerprint density at radius 3 is 2.48 bits per heavy atom. The van der Waals surface area contributed by atoms with Crippen LogP contribution in [0.4, 0.5) is 5.69 Å². The average molecular weight is 291 g/mol. The number of rotatable bonds is 5. The fourth-order valence-electron chi connectivity index (χ4n) is 2.24. The molecule has 116 valence electrons. The van der Waals surface area contributed by atoms with E-state index in [4.69, 9.17) is 10.5 Å². The highest BCUT2D eigenvalue weighted by atomic mass is 16.5. The number of benzene rings is 1. The molecule has 1 aliphatic heterocycles. The van der Waals surface area contributed by atoms with Crippen LogP contribution in [0.15, 0.2) is 24.3 Å². The normalized spacial score (nSPS) is 17.7. The molecule has 1 fully saturated rings. The van der Waals surface area contributed by atoms with Gasteiger partial charge in [-0.15, -0.1) is 0 Å². The lowest BCUT2D eigenvalue weighted by Crippen LogP contribution is -2.39. The molecule has 5 nitrogen and oxygen atoms in total. The van der Waals surface area contributed by atoms with E-state index in [1.807, 2.05) is 38.1 Å². The van der Waals surface area contributed by atoms with Crippen LogP contribution >= 0.6 is 0 Å². The van der Waals surface area contributed by atoms with Gasteiger partial charge in [0.2, 0.25) is 5.91 Å². The van der Waals surface area contributed by atoms with Crippen LogP contribution in [-0.2, 0) is 16.1 Å². The minimum Gasteiger partial charge on any atom is -0.379 e. The van der Waals surface area contributed by atoms with Gasteiger partial charge in [0.25, 0.3) is 0 Å². The largest absolute Gasteiger partial charge is 0.379 e. The summed E-state index contributed by atoms with van der Waals surface area (Å²) in [5.74, 6) is -0.00322. The molecule has 0 radical (unpaired) electrons. The Hall–Kier alpha value is -1.43. The summed E-state index contributed by atoms with van der Waals surface area (Å²) >= 11 is 0. The molecule has 1 atom stereocenters. The molecule has 3 N–H and O–H groups in total. The fraction of sp³-hybridized carbons (Fsp3) is 0.562. The Morgan fingerprint density at radius 2 is 1.90 bits per heavy atom. The predicted molar refractivity (Wildman–Crippen MR) is 84.0 cm³/mol. The van der Waals surface area contributed by atoms with Gasteiger partial charge in [0.15, 0.2) is 0 Å². The molecule has 1 aromatic carbocycles. The van der Waals surface area contributed by atoms with E-state index in [0.717, 1.165) is 38.5 Å². The SMILES string of the molecule is CC(C)[C@H](N)C(=O)Nc1ccc(CN2CCOCC2)cc1. The van der Waals surface area contributed by atoms with Gasteiger partial charge in [-0.25, -0.2) is 0 Å². The second-order valence-corrected chi connectivity index (χ2v) is 5.84. The number of nitrogens with one attached hydrogen (secondary N) is 1. The highest BCUT2D eigenvalue weighted by Crippen LogP contribution is 2.13. The van der Waals surface area contributed by atoms with Gasteiger partial charge >= 0.3 is 0 Å². The smallest absolute Gasteiger partial charge is 0.241 e. The Morgan fingerprint density at radius 1 is 1.29 bits per heavy atom. The third-order valence-corrected chi connectivity index (χ3v) is 3.75. The van der Waals surface area contributed by atoms with E-state index >= 15 is 0 Å². The van der Waals surface area contributed by atoms with Crippen molar-refractivity contribution in [1.82, 2.24) is 4.90 Å². The maximum absolute atomic E-state index is 11.9. The third kappa shape index (κ3) is 4.81. The molecule has 0 aliphatic carbocycles. The van der Waals surface area contributed by atoms with E-state index < -0.39 is 6.04 Å². The highest BCUT2D eigenvalue weighted by Gasteiger charge is 2.17. The van der Waals surface area contributed by atoms with Crippen LogP contribution in [0.25, 0.3) is 0 Å². The number of nitrogens with zero attached hydrogens (tertiary/aromatic N) is 1. The van der Waals surface area contributed by atoms with Crippen molar-refractivity contribution in [2.24, 2.45) is 11.7 Å². The molecule has 1 saturated heterocycles. The van der Waals surface area contributed by atoms with E-state index in [2.05, 4.69) is 10.2 Å². The molecular formula is C16H25N3O2. The van der Waals surface area contributed by atoms with Crippen molar-refractivity contribution in [2.45, 2.75) is 26.4 Å². The lowest BCUT2D eigenvalue weighted by Gasteiger charge is -2.26. The van der Waals surface area contributed by atoms with Crippen molar-refractivity contribution < 1.29 is 9.53 Å². The summed E-state index contributed by atoms with van der Waals surface area (Å²) in [6, 6.07) is 7.48. The zero-order valence-electron chi connectivity index (χ0n) is 12.8. The first-order chi connectivity index (χ1) is 10.1. The van der Waals surface area contributed by atoms with E-state index in [9.17, 15) is 4.79 Å². The summed E-state index contributed by atoms with van der Waals surface area (Å²) in [6.45, 7) is 8.36. The third-order valence-electron chi connectivity index (χ3n) is 3.75. The molecular weight excluding hydrogens is 266 g/mol. The number of carbonyl (C=O) groups excluding carboxylic acids is 1. The zero-order valence-corrected chi connectivity index (χ0v) is 12.8. The van der Waals surface area contributed by atoms with Gasteiger partial charge in [-0.3, -0.25) is 9.69 Å². The summed E-state index contributed by atoms with van der Waals surface area (Å²) < 4.78 is 5.34. The first kappa shape index (κ1) is 15.9. The fourth-order valence-corrected chi connectivity index (χ4v) is 2.24. The van der Waals surface area contributed by atoms with Crippen molar-refractivity contribution in [1.29, 1.82) is 0 Å². The maximum atomic E-state index is 11.9. The molecule has 2 rings (SSSR count). The van der Waals surface area contributed by atoms with Gasteiger partial charge in [-0.05, 0) is 23.6 Å². The average Bonchev–Trinajstić information content (AvgIpc) is 2.49. The summed E-state index contributed by atoms with van der Waals surface area (Å²) in [6.07, 6.45) is 0. The number of anilines is 1. The molecule has 1 aliphatic rings. The molecule has 0 bridgehead atoms. The van der Waals surface area contributed by atoms with Gasteiger partial charge in [0, 0.05) is 25.3 Å². The second kappa shape index (κ2) is 7.54. The quantitative estimate of drug-likeness (QED) is 0.861. The number of ether oxygens (including phenoxy) is 1. The zero-order chi connectivity index (χ0) is 15.2. The van der Waals surface area contributed by atoms with Crippen molar-refractivity contribution in [3.8, 4) is 0 Å². The maximum Gasteiger partial charge on any atom is 0.241 e. The number of hydrogen-bond donors (Lipinski definition) is 2. The number of carbonyl (C=O) groups is 1. The van der Waals surface area contributed by atoms with Crippen LogP contribution in [0.1, 0.15) is 19.4 Å². The molecule has 0 spiro atoms. The number of amides is 1. The predicted octanol–water partition coefficient (Wildman–Crippen LogP) is 1.44.